The van der Waals surface area contributed by atoms with Crippen molar-refractivity contribution < 1.29 is 19.1 Å². The van der Waals surface area contributed by atoms with Crippen LogP contribution in [0, 0.1) is 0 Å². The van der Waals surface area contributed by atoms with Gasteiger partial charge in [0.25, 0.3) is 5.91 Å². The number of hydrogen-bond acceptors (Lipinski definition) is 5. The van der Waals surface area contributed by atoms with Gasteiger partial charge in [0, 0.05) is 36.7 Å². The number of amidine groups is 1. The molecule has 0 aromatic heterocycles. The Hall–Kier alpha value is -3.35. The van der Waals surface area contributed by atoms with Gasteiger partial charge in [-0.1, -0.05) is 31.9 Å². The number of amides is 1. The summed E-state index contributed by atoms with van der Waals surface area (Å²) >= 11 is 0. The number of benzene rings is 2. The largest absolute Gasteiger partial charge is 0.454 e. The number of anilines is 1. The SMILES string of the molecule is CCCCCN=C(N)c1ccc(C(=O)Nc2ccc3c(c2)CCC(OC(C)=O)O3)cc1. The Bertz CT molecular complexity index is 954. The van der Waals surface area contributed by atoms with Crippen LogP contribution in [-0.2, 0) is 16.0 Å². The van der Waals surface area contributed by atoms with Crippen LogP contribution in [0.1, 0.15) is 61.0 Å². The minimum absolute atomic E-state index is 0.209. The lowest BCUT2D eigenvalue weighted by Crippen LogP contribution is -2.27. The lowest BCUT2D eigenvalue weighted by molar-refractivity contribution is -0.162. The van der Waals surface area contributed by atoms with E-state index in [1.165, 1.54) is 6.92 Å². The molecule has 1 aliphatic rings. The Morgan fingerprint density at radius 1 is 1.16 bits per heavy atom. The third-order valence-electron chi connectivity index (χ3n) is 5.01. The zero-order valence-electron chi connectivity index (χ0n) is 18.0. The van der Waals surface area contributed by atoms with Gasteiger partial charge in [0.15, 0.2) is 0 Å². The van der Waals surface area contributed by atoms with Crippen molar-refractivity contribution in [3.63, 3.8) is 0 Å². The zero-order valence-corrected chi connectivity index (χ0v) is 18.0. The van der Waals surface area contributed by atoms with Gasteiger partial charge < -0.3 is 20.5 Å². The summed E-state index contributed by atoms with van der Waals surface area (Å²) in [5.74, 6) is 0.575. The van der Waals surface area contributed by atoms with E-state index in [4.69, 9.17) is 15.2 Å². The first kappa shape index (κ1) is 22.3. The van der Waals surface area contributed by atoms with Gasteiger partial charge in [-0.3, -0.25) is 14.6 Å². The summed E-state index contributed by atoms with van der Waals surface area (Å²) in [4.78, 5) is 28.1. The molecule has 0 aliphatic carbocycles. The molecule has 164 valence electrons. The Morgan fingerprint density at radius 3 is 2.61 bits per heavy atom. The summed E-state index contributed by atoms with van der Waals surface area (Å²) in [7, 11) is 0. The number of aryl methyl sites for hydroxylation is 1. The molecule has 2 aromatic rings. The molecule has 0 radical (unpaired) electrons. The smallest absolute Gasteiger partial charge is 0.305 e. The lowest BCUT2D eigenvalue weighted by Gasteiger charge is -2.25. The van der Waals surface area contributed by atoms with Gasteiger partial charge in [-0.05, 0) is 48.7 Å². The lowest BCUT2D eigenvalue weighted by atomic mass is 10.0. The van der Waals surface area contributed by atoms with E-state index in [0.29, 0.717) is 42.2 Å². The van der Waals surface area contributed by atoms with Crippen molar-refractivity contribution in [2.45, 2.75) is 52.2 Å². The van der Waals surface area contributed by atoms with Crippen molar-refractivity contribution in [2.75, 3.05) is 11.9 Å². The van der Waals surface area contributed by atoms with Gasteiger partial charge in [-0.2, -0.15) is 0 Å². The topological polar surface area (TPSA) is 103 Å². The number of carbonyl (C=O) groups is 2. The number of unbranched alkanes of at least 4 members (excludes halogenated alkanes) is 2. The number of rotatable bonds is 8. The standard InChI is InChI=1S/C24H29N3O4/c1-3-4-5-14-26-23(25)17-6-8-18(9-7-17)24(29)27-20-11-12-21-19(15-20)10-13-22(31-21)30-16(2)28/h6-9,11-12,15,22H,3-5,10,13-14H2,1-2H3,(H2,25,26)(H,27,29). The van der Waals surface area contributed by atoms with E-state index in [9.17, 15) is 9.59 Å². The number of hydrogen-bond donors (Lipinski definition) is 2. The van der Waals surface area contributed by atoms with Gasteiger partial charge in [-0.15, -0.1) is 0 Å². The fraction of sp³-hybridized carbons (Fsp3) is 0.375. The molecule has 3 rings (SSSR count). The molecule has 31 heavy (non-hydrogen) atoms. The fourth-order valence-corrected chi connectivity index (χ4v) is 3.36. The van der Waals surface area contributed by atoms with Crippen molar-refractivity contribution in [2.24, 2.45) is 10.7 Å². The molecule has 1 unspecified atom stereocenters. The summed E-state index contributed by atoms with van der Waals surface area (Å²) in [5, 5.41) is 2.91. The molecular weight excluding hydrogens is 394 g/mol. The maximum absolute atomic E-state index is 12.6. The van der Waals surface area contributed by atoms with E-state index >= 15 is 0 Å². The maximum atomic E-state index is 12.6. The van der Waals surface area contributed by atoms with Crippen LogP contribution < -0.4 is 15.8 Å². The second-order valence-electron chi connectivity index (χ2n) is 7.52. The molecule has 1 heterocycles. The first-order valence-electron chi connectivity index (χ1n) is 10.6. The highest BCUT2D eigenvalue weighted by molar-refractivity contribution is 6.05. The third kappa shape index (κ3) is 6.31. The molecule has 7 nitrogen and oxygen atoms in total. The van der Waals surface area contributed by atoms with Gasteiger partial charge in [0.05, 0.1) is 0 Å². The van der Waals surface area contributed by atoms with E-state index in [-0.39, 0.29) is 11.9 Å². The summed E-state index contributed by atoms with van der Waals surface area (Å²) in [6, 6.07) is 12.5. The minimum atomic E-state index is -0.563. The van der Waals surface area contributed by atoms with E-state index in [2.05, 4.69) is 17.2 Å². The minimum Gasteiger partial charge on any atom is -0.454 e. The number of carbonyl (C=O) groups excluding carboxylic acids is 2. The number of nitrogens with two attached hydrogens (primary N) is 1. The average molecular weight is 424 g/mol. The maximum Gasteiger partial charge on any atom is 0.305 e. The van der Waals surface area contributed by atoms with Crippen LogP contribution in [0.5, 0.6) is 5.75 Å². The average Bonchev–Trinajstić information content (AvgIpc) is 2.76. The number of fused-ring (bicyclic) bond motifs is 1. The van der Waals surface area contributed by atoms with Crippen molar-refractivity contribution in [3.8, 4) is 5.75 Å². The van der Waals surface area contributed by atoms with E-state index in [0.717, 1.165) is 30.4 Å². The summed E-state index contributed by atoms with van der Waals surface area (Å²) in [6.07, 6.45) is 4.01. The predicted molar refractivity (Wildman–Crippen MR) is 120 cm³/mol. The molecule has 3 N–H and O–H groups in total. The Balaban J connectivity index is 1.60. The van der Waals surface area contributed by atoms with Crippen LogP contribution in [0.25, 0.3) is 0 Å². The van der Waals surface area contributed by atoms with Gasteiger partial charge in [0.1, 0.15) is 11.6 Å². The predicted octanol–water partition coefficient (Wildman–Crippen LogP) is 4.05. The van der Waals surface area contributed by atoms with Gasteiger partial charge in [0.2, 0.25) is 6.29 Å². The monoisotopic (exact) mass is 423 g/mol. The van der Waals surface area contributed by atoms with Crippen LogP contribution in [0.2, 0.25) is 0 Å². The highest BCUT2D eigenvalue weighted by Gasteiger charge is 2.22. The van der Waals surface area contributed by atoms with Crippen molar-refractivity contribution in [3.05, 3.63) is 59.2 Å². The van der Waals surface area contributed by atoms with Gasteiger partial charge in [-0.25, -0.2) is 0 Å². The van der Waals surface area contributed by atoms with Crippen LogP contribution in [-0.4, -0.2) is 30.5 Å². The van der Waals surface area contributed by atoms with Crippen LogP contribution in [0.15, 0.2) is 47.5 Å². The molecule has 0 saturated carbocycles. The number of esters is 1. The number of aliphatic imine (C=N–C) groups is 1. The van der Waals surface area contributed by atoms with Crippen LogP contribution >= 0.6 is 0 Å². The molecule has 1 aliphatic heterocycles. The zero-order chi connectivity index (χ0) is 22.2. The molecule has 0 bridgehead atoms. The molecule has 0 fully saturated rings. The van der Waals surface area contributed by atoms with Crippen molar-refractivity contribution in [1.29, 1.82) is 0 Å². The normalized spacial score (nSPS) is 15.5. The van der Waals surface area contributed by atoms with Gasteiger partial charge >= 0.3 is 5.97 Å². The first-order valence-corrected chi connectivity index (χ1v) is 10.6. The highest BCUT2D eigenvalue weighted by Crippen LogP contribution is 2.30. The molecule has 1 atom stereocenters. The molecule has 2 aromatic carbocycles. The molecule has 0 spiro atoms. The second kappa shape index (κ2) is 10.6. The van der Waals surface area contributed by atoms with Crippen LogP contribution in [0.3, 0.4) is 0 Å². The summed E-state index contributed by atoms with van der Waals surface area (Å²) < 4.78 is 10.8. The third-order valence-corrected chi connectivity index (χ3v) is 5.01. The van der Waals surface area contributed by atoms with Crippen molar-refractivity contribution >= 4 is 23.4 Å². The number of nitrogens with one attached hydrogen (secondary N) is 1. The van der Waals surface area contributed by atoms with Crippen molar-refractivity contribution in [1.82, 2.24) is 0 Å². The Labute approximate surface area is 182 Å². The molecule has 0 saturated heterocycles. The molecule has 7 heteroatoms. The van der Waals surface area contributed by atoms with E-state index in [1.807, 2.05) is 18.2 Å². The molecule has 1 amide bonds. The van der Waals surface area contributed by atoms with E-state index < -0.39 is 6.29 Å². The van der Waals surface area contributed by atoms with E-state index in [1.54, 1.807) is 24.3 Å². The Kier molecular flexibility index (Phi) is 7.65. The molecular formula is C24H29N3O4. The Morgan fingerprint density at radius 2 is 1.90 bits per heavy atom. The second-order valence-corrected chi connectivity index (χ2v) is 7.52. The van der Waals surface area contributed by atoms with Crippen LogP contribution in [0.4, 0.5) is 5.69 Å². The highest BCUT2D eigenvalue weighted by atomic mass is 16.7. The fourth-order valence-electron chi connectivity index (χ4n) is 3.36. The number of nitrogens with zero attached hydrogens (tertiary/aromatic N) is 1. The first-order chi connectivity index (χ1) is 15.0. The summed E-state index contributed by atoms with van der Waals surface area (Å²) in [6.45, 7) is 4.22. The number of ether oxygens (including phenoxy) is 2. The quantitative estimate of drug-likeness (QED) is 0.289. The summed E-state index contributed by atoms with van der Waals surface area (Å²) in [5.41, 5.74) is 9.02.